The quantitative estimate of drug-likeness (QED) is 0.204. The first-order valence-corrected chi connectivity index (χ1v) is 15.4. The van der Waals surface area contributed by atoms with Crippen molar-refractivity contribution in [3.8, 4) is 0 Å². The van der Waals surface area contributed by atoms with E-state index in [1.165, 1.54) is 0 Å². The molecule has 218 valence electrons. The first-order valence-electron chi connectivity index (χ1n) is 14.5. The minimum Gasteiger partial charge on any atom is -0.465 e. The standard InChI is InChI=1S/C32H44N2O5S/c1-6-9-19-39-30(38)26-25-28(36)34(24(21-35)20-23-14-11-10-12-15-23)27(32(25)17-16-31(26,5)40-32)29(37)33(18-8-3)22(4)13-7-2/h6,8,10-12,14-15,22,24-27,35H,1,3,7,9,13,16-21H2,2,4-5H3/t22?,24-,25+,26-,27?,31+,32?/m1/s1. The largest absolute Gasteiger partial charge is 0.465 e. The fraction of sp³-hybridized carbons (Fsp3) is 0.594. The third-order valence-electron chi connectivity index (χ3n) is 9.03. The Morgan fingerprint density at radius 1 is 1.25 bits per heavy atom. The normalized spacial score (nSPS) is 30.1. The van der Waals surface area contributed by atoms with Gasteiger partial charge in [-0.25, -0.2) is 0 Å². The molecule has 0 aliphatic carbocycles. The first-order chi connectivity index (χ1) is 19.2. The van der Waals surface area contributed by atoms with Crippen LogP contribution in [-0.2, 0) is 25.5 Å². The number of hydrogen-bond acceptors (Lipinski definition) is 6. The maximum Gasteiger partial charge on any atom is 0.311 e. The van der Waals surface area contributed by atoms with Crippen molar-refractivity contribution in [3.05, 3.63) is 61.2 Å². The molecule has 3 aliphatic heterocycles. The van der Waals surface area contributed by atoms with E-state index in [4.69, 9.17) is 4.74 Å². The highest BCUT2D eigenvalue weighted by Gasteiger charge is 2.78. The van der Waals surface area contributed by atoms with E-state index >= 15 is 0 Å². The molecule has 1 aromatic rings. The number of likely N-dealkylation sites (tertiary alicyclic amines) is 1. The zero-order chi connectivity index (χ0) is 29.1. The van der Waals surface area contributed by atoms with Crippen LogP contribution >= 0.6 is 11.8 Å². The molecule has 40 heavy (non-hydrogen) atoms. The molecule has 0 aromatic heterocycles. The molecule has 4 rings (SSSR count). The number of ether oxygens (including phenoxy) is 1. The van der Waals surface area contributed by atoms with E-state index in [9.17, 15) is 19.5 Å². The average molecular weight is 569 g/mol. The second-order valence-corrected chi connectivity index (χ2v) is 13.6. The molecule has 1 spiro atoms. The van der Waals surface area contributed by atoms with Crippen molar-refractivity contribution >= 4 is 29.5 Å². The van der Waals surface area contributed by atoms with E-state index in [1.54, 1.807) is 28.8 Å². The summed E-state index contributed by atoms with van der Waals surface area (Å²) in [4.78, 5) is 46.2. The summed E-state index contributed by atoms with van der Waals surface area (Å²) in [6.07, 6.45) is 7.50. The average Bonchev–Trinajstić information content (AvgIpc) is 3.51. The summed E-state index contributed by atoms with van der Waals surface area (Å²) >= 11 is 1.63. The zero-order valence-corrected chi connectivity index (χ0v) is 24.9. The Morgan fingerprint density at radius 2 is 1.98 bits per heavy atom. The number of carbonyl (C=O) groups is 3. The maximum absolute atomic E-state index is 14.7. The van der Waals surface area contributed by atoms with Crippen LogP contribution in [0.25, 0.3) is 0 Å². The second kappa shape index (κ2) is 12.5. The predicted molar refractivity (Wildman–Crippen MR) is 159 cm³/mol. The molecule has 3 aliphatic rings. The Labute approximate surface area is 243 Å². The molecule has 7 nitrogen and oxygen atoms in total. The summed E-state index contributed by atoms with van der Waals surface area (Å²) in [5.41, 5.74) is 0.974. The second-order valence-electron chi connectivity index (χ2n) is 11.7. The van der Waals surface area contributed by atoms with Gasteiger partial charge < -0.3 is 19.6 Å². The summed E-state index contributed by atoms with van der Waals surface area (Å²) in [5.74, 6) is -2.06. The van der Waals surface area contributed by atoms with Crippen molar-refractivity contribution in [3.63, 3.8) is 0 Å². The topological polar surface area (TPSA) is 87.1 Å². The highest BCUT2D eigenvalue weighted by atomic mass is 32.2. The number of esters is 1. The van der Waals surface area contributed by atoms with Gasteiger partial charge in [0.05, 0.1) is 35.8 Å². The molecule has 2 amide bonds. The SMILES string of the molecule is C=CCCOC(=O)[C@H]1[C@H]2C(=O)N([C@@H](CO)Cc3ccccc3)C(C(=O)N(CC=C)C(C)CCC)C23CC[C@]1(C)S3. The molecule has 3 heterocycles. The smallest absolute Gasteiger partial charge is 0.311 e. The Bertz CT molecular complexity index is 1110. The van der Waals surface area contributed by atoms with Crippen molar-refractivity contribution in [2.24, 2.45) is 11.8 Å². The van der Waals surface area contributed by atoms with Gasteiger partial charge in [-0.3, -0.25) is 14.4 Å². The van der Waals surface area contributed by atoms with E-state index in [0.29, 0.717) is 25.8 Å². The number of benzene rings is 1. The number of amides is 2. The molecule has 3 saturated heterocycles. The van der Waals surface area contributed by atoms with E-state index in [2.05, 4.69) is 20.1 Å². The molecule has 0 radical (unpaired) electrons. The van der Waals surface area contributed by atoms with Gasteiger partial charge in [0.15, 0.2) is 0 Å². The molecule has 2 bridgehead atoms. The summed E-state index contributed by atoms with van der Waals surface area (Å²) in [5, 5.41) is 10.7. The zero-order valence-electron chi connectivity index (χ0n) is 24.1. The van der Waals surface area contributed by atoms with Gasteiger partial charge in [0.2, 0.25) is 11.8 Å². The molecule has 3 fully saturated rings. The van der Waals surface area contributed by atoms with Crippen LogP contribution in [0.2, 0.25) is 0 Å². The van der Waals surface area contributed by atoms with Crippen LogP contribution in [0.1, 0.15) is 58.4 Å². The highest BCUT2D eigenvalue weighted by Crippen LogP contribution is 2.71. The summed E-state index contributed by atoms with van der Waals surface area (Å²) < 4.78 is 4.39. The minimum absolute atomic E-state index is 0.0385. The Balaban J connectivity index is 1.79. The number of thioether (sulfide) groups is 1. The lowest BCUT2D eigenvalue weighted by Crippen LogP contribution is -2.59. The molecule has 0 saturated carbocycles. The lowest BCUT2D eigenvalue weighted by Gasteiger charge is -2.41. The number of hydrogen-bond donors (Lipinski definition) is 1. The van der Waals surface area contributed by atoms with E-state index in [0.717, 1.165) is 24.8 Å². The molecule has 8 heteroatoms. The van der Waals surface area contributed by atoms with Crippen LogP contribution in [-0.4, -0.2) is 80.1 Å². The molecular weight excluding hydrogens is 524 g/mol. The van der Waals surface area contributed by atoms with Gasteiger partial charge in [-0.15, -0.1) is 24.9 Å². The van der Waals surface area contributed by atoms with Crippen LogP contribution in [0.3, 0.4) is 0 Å². The van der Waals surface area contributed by atoms with Gasteiger partial charge in [-0.1, -0.05) is 55.8 Å². The Kier molecular flexibility index (Phi) is 9.51. The molecule has 1 aromatic carbocycles. The van der Waals surface area contributed by atoms with Crippen molar-refractivity contribution < 1.29 is 24.2 Å². The lowest BCUT2D eigenvalue weighted by atomic mass is 9.66. The third-order valence-corrected chi connectivity index (χ3v) is 11.0. The lowest BCUT2D eigenvalue weighted by molar-refractivity contribution is -0.156. The van der Waals surface area contributed by atoms with Crippen molar-refractivity contribution in [2.75, 3.05) is 19.8 Å². The fourth-order valence-corrected chi connectivity index (χ4v) is 9.55. The number of fused-ring (bicyclic) bond motifs is 1. The summed E-state index contributed by atoms with van der Waals surface area (Å²) in [6, 6.07) is 8.29. The number of rotatable bonds is 14. The number of aliphatic hydroxyl groups excluding tert-OH is 1. The van der Waals surface area contributed by atoms with E-state index in [1.807, 2.05) is 49.1 Å². The maximum atomic E-state index is 14.7. The van der Waals surface area contributed by atoms with Gasteiger partial charge in [-0.2, -0.15) is 0 Å². The van der Waals surface area contributed by atoms with Crippen LogP contribution in [0.5, 0.6) is 0 Å². The minimum atomic E-state index is -0.789. The van der Waals surface area contributed by atoms with Crippen molar-refractivity contribution in [1.29, 1.82) is 0 Å². The van der Waals surface area contributed by atoms with Gasteiger partial charge >= 0.3 is 5.97 Å². The molecule has 7 atom stereocenters. The Hall–Kier alpha value is -2.58. The Morgan fingerprint density at radius 3 is 2.60 bits per heavy atom. The van der Waals surface area contributed by atoms with Gasteiger partial charge in [0, 0.05) is 17.3 Å². The van der Waals surface area contributed by atoms with Crippen molar-refractivity contribution in [1.82, 2.24) is 9.80 Å². The van der Waals surface area contributed by atoms with E-state index < -0.39 is 33.4 Å². The van der Waals surface area contributed by atoms with Crippen LogP contribution in [0.15, 0.2) is 55.6 Å². The van der Waals surface area contributed by atoms with Gasteiger partial charge in [0.1, 0.15) is 6.04 Å². The first kappa shape index (κ1) is 30.4. The molecule has 3 unspecified atom stereocenters. The van der Waals surface area contributed by atoms with Crippen molar-refractivity contribution in [2.45, 2.75) is 86.9 Å². The van der Waals surface area contributed by atoms with E-state index in [-0.39, 0.29) is 37.0 Å². The predicted octanol–water partition coefficient (Wildman–Crippen LogP) is 4.39. The number of carbonyl (C=O) groups excluding carboxylic acids is 3. The molecular formula is C32H44N2O5S. The molecule has 1 N–H and O–H groups in total. The van der Waals surface area contributed by atoms with Crippen LogP contribution in [0.4, 0.5) is 0 Å². The van der Waals surface area contributed by atoms with Crippen LogP contribution < -0.4 is 0 Å². The van der Waals surface area contributed by atoms with Gasteiger partial charge in [0.25, 0.3) is 0 Å². The summed E-state index contributed by atoms with van der Waals surface area (Å²) in [6.45, 7) is 14.1. The third kappa shape index (κ3) is 5.25. The number of nitrogens with zero attached hydrogens (tertiary/aromatic N) is 2. The van der Waals surface area contributed by atoms with Crippen LogP contribution in [0, 0.1) is 11.8 Å². The highest BCUT2D eigenvalue weighted by molar-refractivity contribution is 8.02. The summed E-state index contributed by atoms with van der Waals surface area (Å²) in [7, 11) is 0. The number of aliphatic hydroxyl groups is 1. The monoisotopic (exact) mass is 568 g/mol. The van der Waals surface area contributed by atoms with Gasteiger partial charge in [-0.05, 0) is 51.5 Å². The fourth-order valence-electron chi connectivity index (χ4n) is 7.22.